The Morgan fingerprint density at radius 1 is 1.07 bits per heavy atom. The molecule has 2 N–H and O–H groups in total. The maximum absolute atomic E-state index is 10.9. The fraction of sp³-hybridized carbons (Fsp3) is 0.0870. The number of para-hydroxylation sites is 1. The van der Waals surface area contributed by atoms with E-state index >= 15 is 0 Å². The molecule has 0 bridgehead atoms. The van der Waals surface area contributed by atoms with E-state index in [1.165, 1.54) is 0 Å². The fourth-order valence-corrected chi connectivity index (χ4v) is 3.69. The molecule has 0 amide bonds. The van der Waals surface area contributed by atoms with E-state index in [9.17, 15) is 5.11 Å². The van der Waals surface area contributed by atoms with Gasteiger partial charge in [0, 0.05) is 16.1 Å². The van der Waals surface area contributed by atoms with E-state index < -0.39 is 0 Å². The number of aromatic nitrogens is 1. The van der Waals surface area contributed by atoms with Crippen molar-refractivity contribution < 1.29 is 5.11 Å². The maximum Gasteiger partial charge on any atom is 0.221 e. The van der Waals surface area contributed by atoms with E-state index in [2.05, 4.69) is 15.5 Å². The molecule has 0 radical (unpaired) electrons. The third-order valence-corrected chi connectivity index (χ3v) is 5.08. The molecule has 0 unspecified atom stereocenters. The summed E-state index contributed by atoms with van der Waals surface area (Å²) in [7, 11) is 0. The number of aromatic hydroxyl groups is 1. The Hall–Kier alpha value is -3.22. The Kier molecular flexibility index (Phi) is 5.79. The zero-order valence-electron chi connectivity index (χ0n) is 16.2. The molecule has 0 spiro atoms. The number of anilines is 1. The minimum atomic E-state index is 0.0262. The van der Waals surface area contributed by atoms with Gasteiger partial charge < -0.3 is 15.0 Å². The summed E-state index contributed by atoms with van der Waals surface area (Å²) >= 11 is 11.4. The minimum absolute atomic E-state index is 0.0262. The molecule has 0 saturated carbocycles. The van der Waals surface area contributed by atoms with Crippen molar-refractivity contribution >= 4 is 51.2 Å². The van der Waals surface area contributed by atoms with Crippen LogP contribution in [0.15, 0.2) is 83.0 Å². The molecule has 3 aromatic carbocycles. The summed E-state index contributed by atoms with van der Waals surface area (Å²) in [6.45, 7) is 2.46. The van der Waals surface area contributed by atoms with Crippen LogP contribution in [0.1, 0.15) is 11.1 Å². The first-order valence-electron chi connectivity index (χ1n) is 9.35. The van der Waals surface area contributed by atoms with Gasteiger partial charge in [0.25, 0.3) is 0 Å². The number of thiocarbonyl (C=S) groups is 1. The van der Waals surface area contributed by atoms with Gasteiger partial charge in [-0.25, -0.2) is 0 Å². The Bertz CT molecular complexity index is 1270. The highest BCUT2D eigenvalue weighted by Crippen LogP contribution is 2.39. The molecule has 4 aromatic rings. The summed E-state index contributed by atoms with van der Waals surface area (Å²) < 4.78 is 1.78. The molecule has 7 heteroatoms. The first kappa shape index (κ1) is 20.1. The summed E-state index contributed by atoms with van der Waals surface area (Å²) in [5.74, 6) is 0.0262. The zero-order chi connectivity index (χ0) is 21.1. The lowest BCUT2D eigenvalue weighted by Crippen LogP contribution is -2.04. The van der Waals surface area contributed by atoms with Gasteiger partial charge in [0.05, 0.1) is 12.1 Å². The topological polar surface area (TPSA) is 61.9 Å². The molecule has 1 aromatic heterocycles. The number of aryl methyl sites for hydroxylation is 1. The number of nitrogens with zero attached hydrogens (tertiary/aromatic N) is 3. The molecule has 0 fully saturated rings. The Morgan fingerprint density at radius 2 is 1.87 bits per heavy atom. The van der Waals surface area contributed by atoms with E-state index in [0.29, 0.717) is 17.3 Å². The average Bonchev–Trinajstić information content (AvgIpc) is 2.98. The highest BCUT2D eigenvalue weighted by molar-refractivity contribution is 7.80. The molecule has 0 aliphatic heterocycles. The van der Waals surface area contributed by atoms with E-state index in [1.54, 1.807) is 4.57 Å². The van der Waals surface area contributed by atoms with Crippen LogP contribution in [0.5, 0.6) is 5.88 Å². The van der Waals surface area contributed by atoms with Crippen LogP contribution >= 0.6 is 23.8 Å². The smallest absolute Gasteiger partial charge is 0.221 e. The van der Waals surface area contributed by atoms with Gasteiger partial charge in [-0.05, 0) is 60.6 Å². The number of azo groups is 1. The Morgan fingerprint density at radius 3 is 2.67 bits per heavy atom. The highest BCUT2D eigenvalue weighted by Gasteiger charge is 2.17. The Balaban J connectivity index is 1.65. The van der Waals surface area contributed by atoms with E-state index in [0.717, 1.165) is 27.7 Å². The standard InChI is InChI=1S/C23H19ClN4OS/c1-15-6-4-9-18(12-15)25-23(30)27-26-21-19-10-2-3-11-20(19)28(22(21)29)14-16-7-5-8-17(24)13-16/h2-13,29H,14H2,1H3,(H,25,30). The van der Waals surface area contributed by atoms with E-state index in [4.69, 9.17) is 23.8 Å². The van der Waals surface area contributed by atoms with Gasteiger partial charge in [0.1, 0.15) is 0 Å². The normalized spacial score (nSPS) is 11.3. The highest BCUT2D eigenvalue weighted by atomic mass is 35.5. The third kappa shape index (κ3) is 4.35. The molecular formula is C23H19ClN4OS. The van der Waals surface area contributed by atoms with Crippen molar-refractivity contribution in [3.05, 3.63) is 88.9 Å². The van der Waals surface area contributed by atoms with Crippen molar-refractivity contribution in [2.75, 3.05) is 5.32 Å². The van der Waals surface area contributed by atoms with Gasteiger partial charge in [0.15, 0.2) is 5.69 Å². The molecule has 1 heterocycles. The van der Waals surface area contributed by atoms with E-state index in [1.807, 2.05) is 79.7 Å². The molecule has 30 heavy (non-hydrogen) atoms. The van der Waals surface area contributed by atoms with Crippen molar-refractivity contribution in [2.45, 2.75) is 13.5 Å². The van der Waals surface area contributed by atoms with Crippen LogP contribution in [0.25, 0.3) is 10.9 Å². The number of halogens is 1. The average molecular weight is 435 g/mol. The van der Waals surface area contributed by atoms with Gasteiger partial charge in [-0.15, -0.1) is 10.2 Å². The van der Waals surface area contributed by atoms with Crippen LogP contribution in [0, 0.1) is 6.92 Å². The lowest BCUT2D eigenvalue weighted by Gasteiger charge is -2.07. The summed E-state index contributed by atoms with van der Waals surface area (Å²) in [5, 5.41) is 24.0. The van der Waals surface area contributed by atoms with Gasteiger partial charge in [-0.2, -0.15) is 0 Å². The van der Waals surface area contributed by atoms with Crippen molar-refractivity contribution in [2.24, 2.45) is 10.2 Å². The first-order chi connectivity index (χ1) is 14.5. The second-order valence-electron chi connectivity index (χ2n) is 6.91. The molecule has 0 atom stereocenters. The predicted molar refractivity (Wildman–Crippen MR) is 126 cm³/mol. The predicted octanol–water partition coefficient (Wildman–Crippen LogP) is 6.84. The summed E-state index contributed by atoms with van der Waals surface area (Å²) in [4.78, 5) is 0. The quantitative estimate of drug-likeness (QED) is 0.273. The van der Waals surface area contributed by atoms with Crippen molar-refractivity contribution in [1.82, 2.24) is 4.57 Å². The summed E-state index contributed by atoms with van der Waals surface area (Å²) in [6, 6.07) is 23.0. The van der Waals surface area contributed by atoms with E-state index in [-0.39, 0.29) is 11.0 Å². The van der Waals surface area contributed by atoms with Crippen molar-refractivity contribution in [1.29, 1.82) is 0 Å². The van der Waals surface area contributed by atoms with Crippen LogP contribution < -0.4 is 5.32 Å². The van der Waals surface area contributed by atoms with Crippen LogP contribution in [-0.4, -0.2) is 14.8 Å². The largest absolute Gasteiger partial charge is 0.493 e. The summed E-state index contributed by atoms with van der Waals surface area (Å²) in [5.41, 5.74) is 4.15. The zero-order valence-corrected chi connectivity index (χ0v) is 17.8. The van der Waals surface area contributed by atoms with Gasteiger partial charge >= 0.3 is 0 Å². The second-order valence-corrected chi connectivity index (χ2v) is 7.73. The Labute approximate surface area is 184 Å². The minimum Gasteiger partial charge on any atom is -0.493 e. The lowest BCUT2D eigenvalue weighted by molar-refractivity contribution is 0.429. The SMILES string of the molecule is Cc1cccc(NC(=S)N=Nc2c(O)n(Cc3cccc(Cl)c3)c3ccccc23)c1. The first-order valence-corrected chi connectivity index (χ1v) is 10.1. The molecule has 4 rings (SSSR count). The number of hydrogen-bond donors (Lipinski definition) is 2. The second kappa shape index (κ2) is 8.65. The van der Waals surface area contributed by atoms with Gasteiger partial charge in [-0.3, -0.25) is 0 Å². The molecule has 5 nitrogen and oxygen atoms in total. The molecule has 0 aliphatic rings. The number of benzene rings is 3. The number of fused-ring (bicyclic) bond motifs is 1. The number of hydrogen-bond acceptors (Lipinski definition) is 3. The molecule has 150 valence electrons. The third-order valence-electron chi connectivity index (χ3n) is 4.66. The van der Waals surface area contributed by atoms with Crippen LogP contribution in [-0.2, 0) is 6.54 Å². The summed E-state index contributed by atoms with van der Waals surface area (Å²) in [6.07, 6.45) is 0. The van der Waals surface area contributed by atoms with Crippen LogP contribution in [0.3, 0.4) is 0 Å². The number of nitrogens with one attached hydrogen (secondary N) is 1. The molecule has 0 saturated heterocycles. The van der Waals surface area contributed by atoms with Gasteiger partial charge in [0.2, 0.25) is 11.0 Å². The van der Waals surface area contributed by atoms with Crippen LogP contribution in [0.2, 0.25) is 5.02 Å². The van der Waals surface area contributed by atoms with Crippen LogP contribution in [0.4, 0.5) is 11.4 Å². The molecule has 0 aliphatic carbocycles. The fourth-order valence-electron chi connectivity index (χ4n) is 3.31. The molecular weight excluding hydrogens is 416 g/mol. The lowest BCUT2D eigenvalue weighted by atomic mass is 10.2. The monoisotopic (exact) mass is 434 g/mol. The van der Waals surface area contributed by atoms with Crippen molar-refractivity contribution in [3.8, 4) is 5.88 Å². The van der Waals surface area contributed by atoms with Gasteiger partial charge in [-0.1, -0.05) is 54.1 Å². The van der Waals surface area contributed by atoms with Crippen molar-refractivity contribution in [3.63, 3.8) is 0 Å². The number of rotatable bonds is 4. The maximum atomic E-state index is 10.9.